The summed E-state index contributed by atoms with van der Waals surface area (Å²) in [6.45, 7) is 0.120. The van der Waals surface area contributed by atoms with E-state index in [4.69, 9.17) is 4.99 Å². The van der Waals surface area contributed by atoms with E-state index < -0.39 is 5.66 Å². The van der Waals surface area contributed by atoms with Gasteiger partial charge in [-0.15, -0.1) is 0 Å². The molecule has 150 valence electrons. The maximum atomic E-state index is 13.3. The van der Waals surface area contributed by atoms with E-state index in [0.717, 1.165) is 44.1 Å². The molecule has 0 aromatic heterocycles. The minimum Gasteiger partial charge on any atom is -0.352 e. The summed E-state index contributed by atoms with van der Waals surface area (Å²) in [6.07, 6.45) is 11.9. The highest BCUT2D eigenvalue weighted by Gasteiger charge is 2.47. The van der Waals surface area contributed by atoms with E-state index in [1.165, 1.54) is 32.1 Å². The maximum Gasteiger partial charge on any atom is 0.275 e. The highest BCUT2D eigenvalue weighted by molar-refractivity contribution is 6.47. The van der Waals surface area contributed by atoms with Crippen LogP contribution in [-0.4, -0.2) is 40.7 Å². The molecule has 28 heavy (non-hydrogen) atoms. The molecule has 0 bridgehead atoms. The van der Waals surface area contributed by atoms with Gasteiger partial charge >= 0.3 is 0 Å². The van der Waals surface area contributed by atoms with Crippen LogP contribution in [0.1, 0.15) is 76.2 Å². The number of carbonyl (C=O) groups excluding carboxylic acids is 2. The Kier molecular flexibility index (Phi) is 5.79. The third kappa shape index (κ3) is 3.98. The topological polar surface area (TPSA) is 61.8 Å². The number of rotatable bonds is 4. The molecule has 2 aliphatic carbocycles. The van der Waals surface area contributed by atoms with Crippen molar-refractivity contribution in [2.45, 2.75) is 82.3 Å². The second-order valence-corrected chi connectivity index (χ2v) is 8.52. The van der Waals surface area contributed by atoms with Gasteiger partial charge < -0.3 is 10.2 Å². The van der Waals surface area contributed by atoms with Gasteiger partial charge in [0.2, 0.25) is 5.91 Å². The van der Waals surface area contributed by atoms with Crippen molar-refractivity contribution >= 4 is 17.5 Å². The minimum atomic E-state index is -0.539. The molecule has 0 atom stereocenters. The molecule has 1 aliphatic heterocycles. The number of hydrogen-bond donors (Lipinski definition) is 1. The molecule has 5 heteroatoms. The van der Waals surface area contributed by atoms with E-state index in [9.17, 15) is 9.59 Å². The first-order chi connectivity index (χ1) is 13.7. The standard InChI is InChI=1S/C23H31N3O2/c27-20(24-19-13-7-4-8-14-19)17-26-22(28)21(18-11-5-3-6-12-18)25-23(26)15-9-1-2-10-16-23/h3,5-6,11-12,19H,1-2,4,7-10,13-17H2,(H,24,27). The van der Waals surface area contributed by atoms with Gasteiger partial charge in [-0.3, -0.25) is 14.6 Å². The summed E-state index contributed by atoms with van der Waals surface area (Å²) in [6, 6.07) is 9.95. The van der Waals surface area contributed by atoms with E-state index >= 15 is 0 Å². The fraction of sp³-hybridized carbons (Fsp3) is 0.609. The van der Waals surface area contributed by atoms with Crippen LogP contribution >= 0.6 is 0 Å². The number of aliphatic imine (C=N–C) groups is 1. The lowest BCUT2D eigenvalue weighted by Gasteiger charge is -2.35. The molecule has 2 fully saturated rings. The Balaban J connectivity index is 1.55. The first-order valence-corrected chi connectivity index (χ1v) is 10.9. The second-order valence-electron chi connectivity index (χ2n) is 8.52. The van der Waals surface area contributed by atoms with Crippen LogP contribution in [0.2, 0.25) is 0 Å². The van der Waals surface area contributed by atoms with E-state index in [0.29, 0.717) is 5.71 Å². The molecule has 2 amide bonds. The van der Waals surface area contributed by atoms with Crippen molar-refractivity contribution in [1.29, 1.82) is 0 Å². The zero-order chi connectivity index (χ0) is 19.4. The highest BCUT2D eigenvalue weighted by Crippen LogP contribution is 2.38. The Labute approximate surface area is 167 Å². The predicted molar refractivity (Wildman–Crippen MR) is 110 cm³/mol. The molecule has 1 spiro atoms. The molecule has 0 saturated heterocycles. The largest absolute Gasteiger partial charge is 0.352 e. The molecule has 4 rings (SSSR count). The quantitative estimate of drug-likeness (QED) is 0.862. The van der Waals surface area contributed by atoms with Gasteiger partial charge in [0.05, 0.1) is 0 Å². The fourth-order valence-corrected chi connectivity index (χ4v) is 4.98. The Hall–Kier alpha value is -2.17. The number of nitrogens with one attached hydrogen (secondary N) is 1. The Morgan fingerprint density at radius 1 is 1.00 bits per heavy atom. The van der Waals surface area contributed by atoms with Crippen molar-refractivity contribution < 1.29 is 9.59 Å². The molecule has 2 saturated carbocycles. The summed E-state index contributed by atoms with van der Waals surface area (Å²) < 4.78 is 0. The van der Waals surface area contributed by atoms with Crippen molar-refractivity contribution in [1.82, 2.24) is 10.2 Å². The number of benzene rings is 1. The van der Waals surface area contributed by atoms with Crippen molar-refractivity contribution in [3.05, 3.63) is 35.9 Å². The van der Waals surface area contributed by atoms with E-state index in [2.05, 4.69) is 5.32 Å². The summed E-state index contributed by atoms with van der Waals surface area (Å²) in [5.41, 5.74) is 0.835. The molecule has 0 radical (unpaired) electrons. The van der Waals surface area contributed by atoms with Crippen LogP contribution in [0.25, 0.3) is 0 Å². The smallest absolute Gasteiger partial charge is 0.275 e. The van der Waals surface area contributed by atoms with E-state index in [1.807, 2.05) is 30.3 Å². The zero-order valence-corrected chi connectivity index (χ0v) is 16.7. The second kappa shape index (κ2) is 8.46. The Bertz CT molecular complexity index is 729. The summed E-state index contributed by atoms with van der Waals surface area (Å²) in [4.78, 5) is 32.9. The molecule has 5 nitrogen and oxygen atoms in total. The molecular weight excluding hydrogens is 350 g/mol. The summed E-state index contributed by atoms with van der Waals surface area (Å²) in [5, 5.41) is 3.17. The van der Waals surface area contributed by atoms with Crippen LogP contribution in [-0.2, 0) is 9.59 Å². The number of hydrogen-bond acceptors (Lipinski definition) is 3. The summed E-state index contributed by atoms with van der Waals surface area (Å²) >= 11 is 0. The number of carbonyl (C=O) groups is 2. The third-order valence-electron chi connectivity index (χ3n) is 6.49. The SMILES string of the molecule is O=C(CN1C(=O)C(c2ccccc2)=NC12CCCCCC2)NC1CCCCC1. The van der Waals surface area contributed by atoms with Gasteiger partial charge in [-0.25, -0.2) is 0 Å². The number of nitrogens with zero attached hydrogens (tertiary/aromatic N) is 2. The third-order valence-corrected chi connectivity index (χ3v) is 6.49. The molecule has 1 aromatic carbocycles. The van der Waals surface area contributed by atoms with Crippen LogP contribution in [0.5, 0.6) is 0 Å². The molecule has 3 aliphatic rings. The fourth-order valence-electron chi connectivity index (χ4n) is 4.98. The highest BCUT2D eigenvalue weighted by atomic mass is 16.2. The van der Waals surface area contributed by atoms with Gasteiger partial charge in [0.15, 0.2) is 0 Å². The molecular formula is C23H31N3O2. The van der Waals surface area contributed by atoms with Crippen LogP contribution in [0.4, 0.5) is 0 Å². The van der Waals surface area contributed by atoms with Crippen molar-refractivity contribution in [2.75, 3.05) is 6.54 Å². The Morgan fingerprint density at radius 2 is 1.64 bits per heavy atom. The summed E-state index contributed by atoms with van der Waals surface area (Å²) in [5.74, 6) is -0.125. The van der Waals surface area contributed by atoms with E-state index in [-0.39, 0.29) is 24.4 Å². The lowest BCUT2D eigenvalue weighted by atomic mass is 9.95. The van der Waals surface area contributed by atoms with Crippen LogP contribution in [0, 0.1) is 0 Å². The van der Waals surface area contributed by atoms with Gasteiger partial charge in [0, 0.05) is 11.6 Å². The maximum absolute atomic E-state index is 13.3. The van der Waals surface area contributed by atoms with E-state index in [1.54, 1.807) is 4.90 Å². The average Bonchev–Trinajstić information content (AvgIpc) is 2.87. The molecule has 0 unspecified atom stereocenters. The predicted octanol–water partition coefficient (Wildman–Crippen LogP) is 3.82. The Morgan fingerprint density at radius 3 is 2.32 bits per heavy atom. The lowest BCUT2D eigenvalue weighted by molar-refractivity contribution is -0.135. The zero-order valence-electron chi connectivity index (χ0n) is 16.7. The first-order valence-electron chi connectivity index (χ1n) is 10.9. The van der Waals surface area contributed by atoms with Gasteiger partial charge in [0.1, 0.15) is 17.9 Å². The normalized spacial score (nSPS) is 22.8. The molecule has 1 heterocycles. The van der Waals surface area contributed by atoms with Crippen molar-refractivity contribution in [3.8, 4) is 0 Å². The van der Waals surface area contributed by atoms with Gasteiger partial charge in [-0.1, -0.05) is 62.4 Å². The summed E-state index contributed by atoms with van der Waals surface area (Å²) in [7, 11) is 0. The van der Waals surface area contributed by atoms with Crippen molar-refractivity contribution in [2.24, 2.45) is 4.99 Å². The molecule has 1 aromatic rings. The van der Waals surface area contributed by atoms with Crippen LogP contribution in [0.15, 0.2) is 35.3 Å². The number of amides is 2. The van der Waals surface area contributed by atoms with Gasteiger partial charge in [-0.05, 0) is 38.5 Å². The average molecular weight is 382 g/mol. The lowest BCUT2D eigenvalue weighted by Crippen LogP contribution is -2.52. The first kappa shape index (κ1) is 19.2. The minimum absolute atomic E-state index is 0.0339. The van der Waals surface area contributed by atoms with Crippen LogP contribution < -0.4 is 5.32 Å². The van der Waals surface area contributed by atoms with Gasteiger partial charge in [-0.2, -0.15) is 0 Å². The monoisotopic (exact) mass is 381 g/mol. The van der Waals surface area contributed by atoms with Crippen LogP contribution in [0.3, 0.4) is 0 Å². The van der Waals surface area contributed by atoms with Crippen molar-refractivity contribution in [3.63, 3.8) is 0 Å². The van der Waals surface area contributed by atoms with Gasteiger partial charge in [0.25, 0.3) is 5.91 Å². The molecule has 1 N–H and O–H groups in total.